The van der Waals surface area contributed by atoms with E-state index >= 15 is 0 Å². The van der Waals surface area contributed by atoms with Crippen LogP contribution in [0.4, 0.5) is 13.2 Å². The monoisotopic (exact) mass is 219 g/mol. The first-order chi connectivity index (χ1) is 4.58. The minimum atomic E-state index is -3.88. The van der Waals surface area contributed by atoms with Crippen molar-refractivity contribution in [2.75, 3.05) is 0 Å². The Morgan fingerprint density at radius 2 is 1.60 bits per heavy atom. The maximum absolute atomic E-state index is 11.7. The average molecular weight is 218 g/mol. The van der Waals surface area contributed by atoms with E-state index in [4.69, 9.17) is 0 Å². The van der Waals surface area contributed by atoms with Crippen LogP contribution in [-0.2, 0) is 0 Å². The molecule has 0 aromatic heterocycles. The summed E-state index contributed by atoms with van der Waals surface area (Å²) in [5.41, 5.74) is 0. The summed E-state index contributed by atoms with van der Waals surface area (Å²) in [6.07, 6.45) is -1.80. The van der Waals surface area contributed by atoms with Gasteiger partial charge in [0.15, 0.2) is 0 Å². The summed E-state index contributed by atoms with van der Waals surface area (Å²) < 4.78 is 35.2. The molecule has 1 heterocycles. The summed E-state index contributed by atoms with van der Waals surface area (Å²) >= 11 is -1.20. The van der Waals surface area contributed by atoms with Gasteiger partial charge in [-0.15, -0.1) is 0 Å². The minimum absolute atomic E-state index is 0.437. The third-order valence-corrected chi connectivity index (χ3v) is 6.66. The second-order valence-electron chi connectivity index (χ2n) is 2.49. The molecule has 0 N–H and O–H groups in total. The molecule has 0 unspecified atom stereocenters. The quantitative estimate of drug-likeness (QED) is 0.593. The van der Waals surface area contributed by atoms with Gasteiger partial charge in [-0.3, -0.25) is 0 Å². The Hall–Kier alpha value is 0.309. The van der Waals surface area contributed by atoms with E-state index in [1.165, 1.54) is 0 Å². The molecule has 1 fully saturated rings. The molecule has 0 spiro atoms. The van der Waals surface area contributed by atoms with E-state index in [-0.39, 0.29) is 0 Å². The van der Waals surface area contributed by atoms with Crippen molar-refractivity contribution in [2.45, 2.75) is 35.0 Å². The normalized spacial score (nSPS) is 21.9. The zero-order chi connectivity index (χ0) is 7.61. The molecule has 0 bridgehead atoms. The van der Waals surface area contributed by atoms with Crippen LogP contribution in [0.25, 0.3) is 0 Å². The second-order valence-corrected chi connectivity index (χ2v) is 7.38. The van der Waals surface area contributed by atoms with Crippen molar-refractivity contribution >= 4 is 13.9 Å². The van der Waals surface area contributed by atoms with E-state index < -0.39 is 25.4 Å². The third kappa shape index (κ3) is 2.93. The van der Waals surface area contributed by atoms with Gasteiger partial charge in [-0.2, -0.15) is 0 Å². The van der Waals surface area contributed by atoms with Crippen LogP contribution < -0.4 is 0 Å². The summed E-state index contributed by atoms with van der Waals surface area (Å²) in [6, 6.07) is 0. The van der Waals surface area contributed by atoms with E-state index in [1.807, 2.05) is 0 Å². The van der Waals surface area contributed by atoms with E-state index in [2.05, 4.69) is 0 Å². The van der Waals surface area contributed by atoms with Crippen molar-refractivity contribution in [1.29, 1.82) is 0 Å². The molecule has 0 aromatic rings. The molecule has 4 heteroatoms. The molecule has 0 saturated carbocycles. The molecule has 0 amide bonds. The Kier molecular flexibility index (Phi) is 2.64. The predicted octanol–water partition coefficient (Wildman–Crippen LogP) is 2.84. The number of halogens is 3. The van der Waals surface area contributed by atoms with E-state index in [1.54, 1.807) is 0 Å². The van der Waals surface area contributed by atoms with Crippen molar-refractivity contribution in [3.8, 4) is 0 Å². The van der Waals surface area contributed by atoms with Crippen LogP contribution in [0.2, 0.25) is 16.0 Å². The summed E-state index contributed by atoms with van der Waals surface area (Å²) in [4.78, 5) is 0. The first-order valence-corrected chi connectivity index (χ1v) is 6.92. The van der Waals surface area contributed by atoms with Gasteiger partial charge in [0, 0.05) is 0 Å². The van der Waals surface area contributed by atoms with Gasteiger partial charge in [-0.05, 0) is 0 Å². The molecule has 0 aromatic carbocycles. The summed E-state index contributed by atoms with van der Waals surface area (Å²) in [6.45, 7) is 0. The van der Waals surface area contributed by atoms with Gasteiger partial charge >= 0.3 is 62.0 Å². The zero-order valence-electron chi connectivity index (χ0n) is 5.58. The number of hydrogen-bond donors (Lipinski definition) is 0. The topological polar surface area (TPSA) is 0 Å². The third-order valence-electron chi connectivity index (χ3n) is 1.48. The van der Waals surface area contributed by atoms with Gasteiger partial charge < -0.3 is 0 Å². The Morgan fingerprint density at radius 3 is 2.00 bits per heavy atom. The average Bonchev–Trinajstić information content (AvgIpc) is 2.12. The van der Waals surface area contributed by atoms with Crippen molar-refractivity contribution < 1.29 is 13.2 Å². The summed E-state index contributed by atoms with van der Waals surface area (Å²) in [5, 5.41) is 1.37. The summed E-state index contributed by atoms with van der Waals surface area (Å²) in [5.74, 6) is 0. The van der Waals surface area contributed by atoms with Crippen molar-refractivity contribution in [3.05, 3.63) is 0 Å². The maximum atomic E-state index is 11.7. The molecule has 1 aliphatic heterocycles. The molecule has 61 valence electrons. The standard InChI is InChI=1S/C6H10F3Se/c7-6(8,9)5-10-3-1-2-4-10/h1-5H2. The van der Waals surface area contributed by atoms with Gasteiger partial charge in [0.1, 0.15) is 0 Å². The molecule has 1 saturated heterocycles. The molecule has 1 rings (SSSR count). The fourth-order valence-corrected chi connectivity index (χ4v) is 5.66. The molecular weight excluding hydrogens is 208 g/mol. The van der Waals surface area contributed by atoms with E-state index in [0.717, 1.165) is 23.5 Å². The molecular formula is C6H10F3Se. The van der Waals surface area contributed by atoms with Crippen LogP contribution in [0.1, 0.15) is 12.8 Å². The molecule has 1 radical (unpaired) electrons. The van der Waals surface area contributed by atoms with Gasteiger partial charge in [0.25, 0.3) is 0 Å². The van der Waals surface area contributed by atoms with Crippen LogP contribution in [0, 0.1) is 0 Å². The van der Waals surface area contributed by atoms with Crippen molar-refractivity contribution in [3.63, 3.8) is 0 Å². The van der Waals surface area contributed by atoms with Crippen LogP contribution >= 0.6 is 0 Å². The predicted molar refractivity (Wildman–Crippen MR) is 35.5 cm³/mol. The fourth-order valence-electron chi connectivity index (χ4n) is 1.09. The van der Waals surface area contributed by atoms with Crippen molar-refractivity contribution in [1.82, 2.24) is 0 Å². The first kappa shape index (κ1) is 8.41. The van der Waals surface area contributed by atoms with Crippen LogP contribution in [0.5, 0.6) is 0 Å². The SMILES string of the molecule is FC(F)(F)C[Se]1CCCC1. The Labute approximate surface area is 62.7 Å². The second kappa shape index (κ2) is 3.14. The Bertz CT molecular complexity index is 104. The van der Waals surface area contributed by atoms with Crippen LogP contribution in [-0.4, -0.2) is 20.1 Å². The number of hydrogen-bond acceptors (Lipinski definition) is 0. The number of alkyl halides is 3. The van der Waals surface area contributed by atoms with Crippen LogP contribution in [0.3, 0.4) is 0 Å². The molecule has 1 aliphatic rings. The van der Waals surface area contributed by atoms with Gasteiger partial charge in [-0.1, -0.05) is 0 Å². The van der Waals surface area contributed by atoms with Gasteiger partial charge in [0.2, 0.25) is 0 Å². The number of rotatable bonds is 1. The fraction of sp³-hybridized carbons (Fsp3) is 1.00. The first-order valence-electron chi connectivity index (χ1n) is 3.29. The van der Waals surface area contributed by atoms with E-state index in [0.29, 0.717) is 0 Å². The van der Waals surface area contributed by atoms with Gasteiger partial charge in [-0.25, -0.2) is 0 Å². The van der Waals surface area contributed by atoms with Gasteiger partial charge in [0.05, 0.1) is 0 Å². The van der Waals surface area contributed by atoms with Crippen molar-refractivity contribution in [2.24, 2.45) is 0 Å². The zero-order valence-corrected chi connectivity index (χ0v) is 7.29. The molecule has 0 aliphatic carbocycles. The summed E-state index contributed by atoms with van der Waals surface area (Å²) in [7, 11) is 0. The van der Waals surface area contributed by atoms with E-state index in [9.17, 15) is 13.2 Å². The molecule has 10 heavy (non-hydrogen) atoms. The molecule has 0 nitrogen and oxygen atoms in total. The van der Waals surface area contributed by atoms with Crippen LogP contribution in [0.15, 0.2) is 0 Å². The Balaban J connectivity index is 2.24. The Morgan fingerprint density at radius 1 is 1.10 bits per heavy atom. The molecule has 0 atom stereocenters.